The van der Waals surface area contributed by atoms with Gasteiger partial charge in [-0.15, -0.1) is 11.8 Å². The van der Waals surface area contributed by atoms with Crippen LogP contribution in [-0.2, 0) is 10.2 Å². The number of phenolic OH excluding ortho intramolecular Hbond substituents is 1. The third kappa shape index (κ3) is 4.39. The molecular weight excluding hydrogens is 557 g/mol. The average molecular weight is 602 g/mol. The number of nitrogens with zero attached hydrogens (tertiary/aromatic N) is 1. The highest BCUT2D eigenvalue weighted by molar-refractivity contribution is 7.99. The smallest absolute Gasteiger partial charge is 0.308 e. The lowest BCUT2D eigenvalue weighted by atomic mass is 9.34. The van der Waals surface area contributed by atoms with E-state index in [0.29, 0.717) is 5.92 Å². The third-order valence-electron chi connectivity index (χ3n) is 12.6. The van der Waals surface area contributed by atoms with E-state index < -0.39 is 5.97 Å². The maximum absolute atomic E-state index is 13.9. The Morgan fingerprint density at radius 3 is 2.37 bits per heavy atom. The lowest BCUT2D eigenvalue weighted by Gasteiger charge is -2.70. The van der Waals surface area contributed by atoms with Crippen LogP contribution >= 0.6 is 11.8 Å². The third-order valence-corrected chi connectivity index (χ3v) is 13.8. The van der Waals surface area contributed by atoms with E-state index in [-0.39, 0.29) is 49.6 Å². The van der Waals surface area contributed by atoms with Gasteiger partial charge in [0.25, 0.3) is 0 Å². The van der Waals surface area contributed by atoms with E-state index in [2.05, 4.69) is 46.8 Å². The van der Waals surface area contributed by atoms with Crippen molar-refractivity contribution in [3.8, 4) is 17.6 Å². The fourth-order valence-electron chi connectivity index (χ4n) is 9.81. The molecule has 4 aliphatic rings. The Bertz CT molecular complexity index is 1580. The molecule has 6 rings (SSSR count). The van der Waals surface area contributed by atoms with Crippen LogP contribution in [0.3, 0.4) is 0 Å². The molecule has 228 valence electrons. The van der Waals surface area contributed by atoms with Crippen LogP contribution in [0.25, 0.3) is 0 Å². The van der Waals surface area contributed by atoms with E-state index in [1.165, 1.54) is 24.6 Å². The summed E-state index contributed by atoms with van der Waals surface area (Å²) in [5, 5.41) is 21.3. The number of allylic oxidation sites excluding steroid dienone is 1. The first-order chi connectivity index (χ1) is 20.1. The zero-order chi connectivity index (χ0) is 31.2. The molecule has 4 aliphatic carbocycles. The maximum Gasteiger partial charge on any atom is 0.308 e. The maximum atomic E-state index is 13.9. The lowest BCUT2D eigenvalue weighted by molar-refractivity contribution is -0.152. The fraction of sp³-hybridized carbons (Fsp3) is 0.568. The number of benzene rings is 2. The van der Waals surface area contributed by atoms with E-state index in [9.17, 15) is 19.6 Å². The number of esters is 1. The van der Waals surface area contributed by atoms with E-state index in [1.54, 1.807) is 11.8 Å². The van der Waals surface area contributed by atoms with E-state index >= 15 is 0 Å². The number of nitriles is 1. The molecule has 0 amide bonds. The standard InChI is InChI=1S/C37H44FNO3S/c1-22-31-26(18-27(41)32(22)42-23(2)40)35(5)15-17-37(7)30-20-33(3,21-39)12-13-34(30,4)14-16-36(37,6)29(35)19-28(31)43-25-10-8-24(38)9-11-25/h8-11,18-19,28,30,41H,12-17,20H2,1-7H3/t28?,30-,33-,34-,35+,36-,37+/m1/s1. The van der Waals surface area contributed by atoms with Crippen LogP contribution in [-0.4, -0.2) is 11.1 Å². The van der Waals surface area contributed by atoms with Crippen LogP contribution in [0.4, 0.5) is 4.39 Å². The minimum atomic E-state index is -0.470. The van der Waals surface area contributed by atoms with Gasteiger partial charge in [-0.3, -0.25) is 4.79 Å². The largest absolute Gasteiger partial charge is 0.504 e. The second-order valence-corrected chi connectivity index (χ2v) is 16.4. The normalized spacial score (nSPS) is 38.0. The molecule has 1 unspecified atom stereocenters. The van der Waals surface area contributed by atoms with Gasteiger partial charge in [0.2, 0.25) is 0 Å². The summed E-state index contributed by atoms with van der Waals surface area (Å²) in [6.45, 7) is 15.2. The number of phenols is 1. The van der Waals surface area contributed by atoms with Gasteiger partial charge in [0.1, 0.15) is 5.82 Å². The number of hydrogen-bond acceptors (Lipinski definition) is 5. The van der Waals surface area contributed by atoms with Crippen molar-refractivity contribution < 1.29 is 19.0 Å². The molecule has 7 atom stereocenters. The van der Waals surface area contributed by atoms with Crippen molar-refractivity contribution >= 4 is 17.7 Å². The summed E-state index contributed by atoms with van der Waals surface area (Å²) in [4.78, 5) is 13.0. The summed E-state index contributed by atoms with van der Waals surface area (Å²) in [7, 11) is 0. The minimum Gasteiger partial charge on any atom is -0.504 e. The molecule has 0 saturated heterocycles. The van der Waals surface area contributed by atoms with Gasteiger partial charge in [-0.25, -0.2) is 4.39 Å². The Labute approximate surface area is 260 Å². The van der Waals surface area contributed by atoms with Gasteiger partial charge >= 0.3 is 5.97 Å². The Kier molecular flexibility index (Phi) is 6.94. The first-order valence-corrected chi connectivity index (χ1v) is 16.6. The number of thioether (sulfide) groups is 1. The van der Waals surface area contributed by atoms with Crippen molar-refractivity contribution in [2.75, 3.05) is 0 Å². The predicted molar refractivity (Wildman–Crippen MR) is 168 cm³/mol. The number of hydrogen-bond donors (Lipinski definition) is 1. The molecule has 0 aliphatic heterocycles. The quantitative estimate of drug-likeness (QED) is 0.215. The Hall–Kier alpha value is -2.78. The van der Waals surface area contributed by atoms with E-state index in [1.807, 2.05) is 25.1 Å². The van der Waals surface area contributed by atoms with Crippen molar-refractivity contribution in [2.45, 2.75) is 109 Å². The van der Waals surface area contributed by atoms with Gasteiger partial charge in [0, 0.05) is 22.8 Å². The average Bonchev–Trinajstić information content (AvgIpc) is 2.95. The van der Waals surface area contributed by atoms with Gasteiger partial charge in [-0.05, 0) is 122 Å². The molecule has 3 fully saturated rings. The van der Waals surface area contributed by atoms with Crippen molar-refractivity contribution in [2.24, 2.45) is 27.6 Å². The fourth-order valence-corrected chi connectivity index (χ4v) is 11.0. The molecule has 6 heteroatoms. The Morgan fingerprint density at radius 1 is 1.05 bits per heavy atom. The molecule has 2 aromatic carbocycles. The Balaban J connectivity index is 1.54. The highest BCUT2D eigenvalue weighted by Crippen LogP contribution is 2.75. The SMILES string of the molecule is CC(=O)Oc1c(O)cc2c(c1C)C(Sc1ccc(F)cc1)C=C1[C@@]2(C)CC[C@@]2(C)[C@@H]3C[C@](C)(C#N)CC[C@]3(C)CC[C@]12C. The van der Waals surface area contributed by atoms with Crippen molar-refractivity contribution in [3.63, 3.8) is 0 Å². The van der Waals surface area contributed by atoms with Crippen LogP contribution in [0.5, 0.6) is 11.5 Å². The predicted octanol–water partition coefficient (Wildman–Crippen LogP) is 9.73. The number of aromatic hydroxyl groups is 1. The number of rotatable bonds is 3. The van der Waals surface area contributed by atoms with E-state index in [0.717, 1.165) is 66.5 Å². The van der Waals surface area contributed by atoms with Gasteiger partial charge in [-0.2, -0.15) is 5.26 Å². The van der Waals surface area contributed by atoms with Crippen LogP contribution in [0.2, 0.25) is 0 Å². The lowest BCUT2D eigenvalue weighted by Crippen LogP contribution is -2.62. The zero-order valence-electron chi connectivity index (χ0n) is 26.6. The van der Waals surface area contributed by atoms with Gasteiger partial charge in [0.15, 0.2) is 11.5 Å². The molecule has 0 heterocycles. The highest BCUT2D eigenvalue weighted by Gasteiger charge is 2.67. The summed E-state index contributed by atoms with van der Waals surface area (Å²) in [5.74, 6) is -0.0905. The number of carbonyl (C=O) groups excluding carboxylic acids is 1. The number of halogens is 1. The molecule has 0 radical (unpaired) electrons. The highest BCUT2D eigenvalue weighted by atomic mass is 32.2. The summed E-state index contributed by atoms with van der Waals surface area (Å²) in [6, 6.07) is 11.2. The van der Waals surface area contributed by atoms with Crippen LogP contribution in [0, 0.1) is 51.6 Å². The van der Waals surface area contributed by atoms with Crippen LogP contribution < -0.4 is 4.74 Å². The van der Waals surface area contributed by atoms with Gasteiger partial charge in [-0.1, -0.05) is 39.3 Å². The number of fused-ring (bicyclic) bond motifs is 7. The first-order valence-electron chi connectivity index (χ1n) is 15.7. The summed E-state index contributed by atoms with van der Waals surface area (Å²) in [5.41, 5.74) is 3.89. The van der Waals surface area contributed by atoms with Crippen molar-refractivity contribution in [1.82, 2.24) is 0 Å². The number of ether oxygens (including phenoxy) is 1. The molecule has 0 bridgehead atoms. The van der Waals surface area contributed by atoms with Gasteiger partial charge in [0.05, 0.1) is 16.7 Å². The molecular formula is C37H44FNO3S. The Morgan fingerprint density at radius 2 is 1.72 bits per heavy atom. The van der Waals surface area contributed by atoms with Gasteiger partial charge < -0.3 is 9.84 Å². The van der Waals surface area contributed by atoms with Crippen LogP contribution in [0.15, 0.2) is 46.9 Å². The molecule has 0 spiro atoms. The van der Waals surface area contributed by atoms with E-state index in [4.69, 9.17) is 4.74 Å². The summed E-state index contributed by atoms with van der Waals surface area (Å²) < 4.78 is 19.4. The summed E-state index contributed by atoms with van der Waals surface area (Å²) >= 11 is 1.67. The van der Waals surface area contributed by atoms with Crippen LogP contribution in [0.1, 0.15) is 108 Å². The second kappa shape index (κ2) is 9.86. The molecule has 0 aromatic heterocycles. The summed E-state index contributed by atoms with van der Waals surface area (Å²) in [6.07, 6.45) is 9.67. The minimum absolute atomic E-state index is 0.00812. The molecule has 3 saturated carbocycles. The number of carbonyl (C=O) groups is 1. The van der Waals surface area contributed by atoms with Crippen molar-refractivity contribution in [3.05, 3.63) is 64.5 Å². The molecule has 43 heavy (non-hydrogen) atoms. The molecule has 2 aromatic rings. The van der Waals surface area contributed by atoms with Crippen molar-refractivity contribution in [1.29, 1.82) is 5.26 Å². The molecule has 1 N–H and O–H groups in total. The second-order valence-electron chi connectivity index (χ2n) is 15.1. The zero-order valence-corrected chi connectivity index (χ0v) is 27.4. The molecule has 4 nitrogen and oxygen atoms in total. The first kappa shape index (κ1) is 30.3. The monoisotopic (exact) mass is 601 g/mol. The topological polar surface area (TPSA) is 70.3 Å².